The number of carbonyl (C=O) groups is 2. The highest BCUT2D eigenvalue weighted by molar-refractivity contribution is 6.33. The van der Waals surface area contributed by atoms with Crippen LogP contribution in [0.4, 0.5) is 42.0 Å². The number of hydrogen-bond donors (Lipinski definition) is 4. The van der Waals surface area contributed by atoms with E-state index in [1.54, 1.807) is 49.2 Å². The molecule has 2 aromatic carbocycles. The molecule has 2 saturated carbocycles. The van der Waals surface area contributed by atoms with E-state index in [1.807, 2.05) is 0 Å². The first-order chi connectivity index (χ1) is 28.3. The number of aromatic nitrogens is 5. The van der Waals surface area contributed by atoms with E-state index >= 15 is 13.2 Å². The molecule has 308 valence electrons. The number of rotatable bonds is 7. The normalized spacial score (nSPS) is 22.6. The summed E-state index contributed by atoms with van der Waals surface area (Å²) in [6.45, 7) is 0.670. The minimum atomic E-state index is -3.14. The summed E-state index contributed by atoms with van der Waals surface area (Å²) in [4.78, 5) is 49.1. The number of nitrogens with one attached hydrogen (secondary N) is 4. The van der Waals surface area contributed by atoms with Gasteiger partial charge < -0.3 is 30.2 Å². The summed E-state index contributed by atoms with van der Waals surface area (Å²) in [5.41, 5.74) is 2.69. The molecule has 14 nitrogen and oxygen atoms in total. The summed E-state index contributed by atoms with van der Waals surface area (Å²) in [7, 11) is 3.33. The molecular formula is C41H42ClF3N10O4. The van der Waals surface area contributed by atoms with Crippen molar-refractivity contribution in [1.82, 2.24) is 29.6 Å². The van der Waals surface area contributed by atoms with Gasteiger partial charge >= 0.3 is 5.92 Å². The van der Waals surface area contributed by atoms with Crippen molar-refractivity contribution in [3.05, 3.63) is 63.4 Å². The van der Waals surface area contributed by atoms with Crippen LogP contribution in [0.5, 0.6) is 5.75 Å². The minimum Gasteiger partial charge on any atom is -0.480 e. The molecule has 0 bridgehead atoms. The fourth-order valence-corrected chi connectivity index (χ4v) is 9.70. The molecule has 3 aliphatic heterocycles. The summed E-state index contributed by atoms with van der Waals surface area (Å²) < 4.78 is 54.1. The van der Waals surface area contributed by atoms with Crippen LogP contribution in [0.3, 0.4) is 0 Å². The molecule has 6 heterocycles. The van der Waals surface area contributed by atoms with Crippen molar-refractivity contribution in [2.45, 2.75) is 75.3 Å². The highest BCUT2D eigenvalue weighted by Crippen LogP contribution is 2.48. The number of carbonyl (C=O) groups excluding carboxylic acids is 2. The number of piperidine rings is 1. The molecule has 3 aromatic heterocycles. The second-order valence-electron chi connectivity index (χ2n) is 16.9. The van der Waals surface area contributed by atoms with Gasteiger partial charge in [-0.3, -0.25) is 24.4 Å². The van der Waals surface area contributed by atoms with Crippen molar-refractivity contribution in [2.75, 3.05) is 40.5 Å². The first-order valence-electron chi connectivity index (χ1n) is 20.0. The quantitative estimate of drug-likeness (QED) is 0.135. The van der Waals surface area contributed by atoms with E-state index in [4.69, 9.17) is 21.3 Å². The second kappa shape index (κ2) is 13.7. The zero-order valence-electron chi connectivity index (χ0n) is 32.4. The van der Waals surface area contributed by atoms with Gasteiger partial charge in [0.1, 0.15) is 10.8 Å². The van der Waals surface area contributed by atoms with Crippen molar-refractivity contribution in [3.8, 4) is 5.75 Å². The Morgan fingerprint density at radius 3 is 2.54 bits per heavy atom. The van der Waals surface area contributed by atoms with Crippen LogP contribution in [0.2, 0.25) is 5.02 Å². The monoisotopic (exact) mass is 830 g/mol. The highest BCUT2D eigenvalue weighted by Gasteiger charge is 2.51. The number of amides is 2. The second-order valence-corrected chi connectivity index (χ2v) is 17.3. The predicted octanol–water partition coefficient (Wildman–Crippen LogP) is 6.35. The van der Waals surface area contributed by atoms with Gasteiger partial charge in [-0.1, -0.05) is 11.6 Å². The molecule has 2 aliphatic carbocycles. The third-order valence-electron chi connectivity index (χ3n) is 12.9. The molecule has 10 rings (SSSR count). The lowest BCUT2D eigenvalue weighted by atomic mass is 9.67. The van der Waals surface area contributed by atoms with Crippen molar-refractivity contribution < 1.29 is 27.5 Å². The maximum absolute atomic E-state index is 15.3. The molecule has 2 atom stereocenters. The Kier molecular flexibility index (Phi) is 8.78. The third-order valence-corrected chi connectivity index (χ3v) is 13.2. The van der Waals surface area contributed by atoms with E-state index < -0.39 is 41.8 Å². The lowest BCUT2D eigenvalue weighted by Gasteiger charge is -2.53. The fourth-order valence-electron chi connectivity index (χ4n) is 9.56. The molecule has 59 heavy (non-hydrogen) atoms. The van der Waals surface area contributed by atoms with E-state index in [2.05, 4.69) is 36.2 Å². The number of imide groups is 1. The van der Waals surface area contributed by atoms with Crippen LogP contribution in [0, 0.1) is 17.2 Å². The number of hydrogen-bond acceptors (Lipinski definition) is 11. The maximum atomic E-state index is 15.3. The Labute approximate surface area is 340 Å². The van der Waals surface area contributed by atoms with Crippen molar-refractivity contribution in [3.63, 3.8) is 0 Å². The molecular weight excluding hydrogens is 789 g/mol. The van der Waals surface area contributed by atoms with Gasteiger partial charge in [-0.2, -0.15) is 10.1 Å². The summed E-state index contributed by atoms with van der Waals surface area (Å²) in [6.07, 6.45) is 7.12. The number of nitrogens with zero attached hydrogens (tertiary/aromatic N) is 6. The first-order valence-corrected chi connectivity index (χ1v) is 20.4. The Hall–Kier alpha value is -5.58. The van der Waals surface area contributed by atoms with E-state index in [0.717, 1.165) is 44.5 Å². The van der Waals surface area contributed by atoms with Gasteiger partial charge in [0, 0.05) is 56.1 Å². The average molecular weight is 831 g/mol. The van der Waals surface area contributed by atoms with Crippen LogP contribution < -0.4 is 36.5 Å². The molecule has 2 unspecified atom stereocenters. The van der Waals surface area contributed by atoms with E-state index in [1.165, 1.54) is 10.6 Å². The van der Waals surface area contributed by atoms with E-state index in [9.17, 15) is 14.4 Å². The Balaban J connectivity index is 0.823. The molecule has 18 heteroatoms. The topological polar surface area (TPSA) is 160 Å². The van der Waals surface area contributed by atoms with E-state index in [-0.39, 0.29) is 47.6 Å². The Morgan fingerprint density at radius 1 is 1.02 bits per heavy atom. The van der Waals surface area contributed by atoms with Gasteiger partial charge in [0.2, 0.25) is 23.5 Å². The Morgan fingerprint density at radius 2 is 1.80 bits per heavy atom. The molecule has 2 saturated heterocycles. The number of pyridine rings is 1. The lowest BCUT2D eigenvalue weighted by Crippen LogP contribution is -2.59. The maximum Gasteiger partial charge on any atom is 0.301 e. The van der Waals surface area contributed by atoms with Gasteiger partial charge in [-0.25, -0.2) is 18.2 Å². The van der Waals surface area contributed by atoms with Gasteiger partial charge in [-0.15, -0.1) is 0 Å². The van der Waals surface area contributed by atoms with Crippen LogP contribution in [-0.2, 0) is 23.7 Å². The van der Waals surface area contributed by atoms with Crippen LogP contribution in [0.15, 0.2) is 41.3 Å². The number of aryl methyl sites for hydroxylation is 2. The number of fused-ring (bicyclic) bond motifs is 4. The lowest BCUT2D eigenvalue weighted by molar-refractivity contribution is -0.134. The standard InChI is InChI=1S/C41H42ClF3N10O4/c1-53-28-9-5-22(15-24(28)32-34(38(53)58)59-19-41(44,45)35(50-32)20-3-4-20)48-36-25(42)16-46-39(51-36)55-17-40(18-55)13-11-21(12-14-40)47-27-8-7-26(43)30-31(52-54(2)33(27)30)23-6-10-29(56)49-37(23)57/h5,7-9,15-16,20-21,23,35,47,50H,3-4,6,10-14,17-19H2,1-2H3,(H,46,48,51)(H,49,56,57). The van der Waals surface area contributed by atoms with Crippen LogP contribution in [0.1, 0.15) is 63.0 Å². The van der Waals surface area contributed by atoms with E-state index in [0.29, 0.717) is 62.8 Å². The molecule has 5 aliphatic rings. The highest BCUT2D eigenvalue weighted by atomic mass is 35.5. The summed E-state index contributed by atoms with van der Waals surface area (Å²) in [5.74, 6) is -4.50. The zero-order valence-corrected chi connectivity index (χ0v) is 33.1. The zero-order chi connectivity index (χ0) is 41.0. The summed E-state index contributed by atoms with van der Waals surface area (Å²) in [6, 6.07) is 7.45. The molecule has 0 radical (unpaired) electrons. The van der Waals surface area contributed by atoms with Crippen LogP contribution >= 0.6 is 11.6 Å². The van der Waals surface area contributed by atoms with Gasteiger partial charge in [0.15, 0.2) is 12.4 Å². The first kappa shape index (κ1) is 37.7. The number of anilines is 5. The van der Waals surface area contributed by atoms with Crippen molar-refractivity contribution in [1.29, 1.82) is 0 Å². The third kappa shape index (κ3) is 6.48. The van der Waals surface area contributed by atoms with Gasteiger partial charge in [0.25, 0.3) is 5.56 Å². The van der Waals surface area contributed by atoms with Crippen LogP contribution in [0.25, 0.3) is 21.8 Å². The number of alkyl halides is 2. The van der Waals surface area contributed by atoms with Gasteiger partial charge in [0.05, 0.1) is 51.6 Å². The van der Waals surface area contributed by atoms with Crippen molar-refractivity contribution in [2.24, 2.45) is 25.4 Å². The predicted molar refractivity (Wildman–Crippen MR) is 216 cm³/mol. The smallest absolute Gasteiger partial charge is 0.301 e. The van der Waals surface area contributed by atoms with Crippen LogP contribution in [-0.4, -0.2) is 73.8 Å². The minimum absolute atomic E-state index is 0.0919. The Bertz CT molecular complexity index is 2630. The number of benzene rings is 2. The number of ether oxygens (including phenoxy) is 1. The molecule has 5 aromatic rings. The fraction of sp³-hybridized carbons (Fsp3) is 0.463. The average Bonchev–Trinajstić information content (AvgIpc) is 3.99. The number of halogens is 4. The SMILES string of the molecule is Cn1nc(C2CCC(=O)NC2=O)c2c(F)ccc(NC3CCC4(CC3)CN(c3ncc(Cl)c(Nc5ccc6c(c5)c5c(c(=O)n6C)OCC(F)(F)C(C6CC6)N5)n3)C4)c21. The molecule has 2 amide bonds. The molecule has 1 spiro atoms. The summed E-state index contributed by atoms with van der Waals surface area (Å²) in [5, 5.41) is 18.0. The summed E-state index contributed by atoms with van der Waals surface area (Å²) >= 11 is 6.61. The van der Waals surface area contributed by atoms with Gasteiger partial charge in [-0.05, 0) is 81.2 Å². The molecule has 4 N–H and O–H groups in total. The molecule has 4 fully saturated rings. The van der Waals surface area contributed by atoms with Crippen molar-refractivity contribution >= 4 is 74.0 Å². The largest absolute Gasteiger partial charge is 0.480 e.